The van der Waals surface area contributed by atoms with E-state index in [0.29, 0.717) is 11.7 Å². The van der Waals surface area contributed by atoms with E-state index in [1.54, 1.807) is 0 Å². The van der Waals surface area contributed by atoms with Gasteiger partial charge in [-0.2, -0.15) is 5.10 Å². The third-order valence-electron chi connectivity index (χ3n) is 5.95. The number of nitrogens with zero attached hydrogens (tertiary/aromatic N) is 3. The van der Waals surface area contributed by atoms with Crippen LogP contribution in [0, 0.1) is 0 Å². The number of aromatic amines is 2. The van der Waals surface area contributed by atoms with Crippen LogP contribution >= 0.6 is 0 Å². The number of hydrogen-bond donors (Lipinski definition) is 3. The lowest BCUT2D eigenvalue weighted by Crippen LogP contribution is -2.09. The van der Waals surface area contributed by atoms with Gasteiger partial charge in [0, 0.05) is 52.0 Å². The van der Waals surface area contributed by atoms with Crippen LogP contribution in [0.25, 0.3) is 50.0 Å². The van der Waals surface area contributed by atoms with Gasteiger partial charge in [0.25, 0.3) is 0 Å². The summed E-state index contributed by atoms with van der Waals surface area (Å²) in [6, 6.07) is 13.2. The van der Waals surface area contributed by atoms with Crippen LogP contribution in [0.3, 0.4) is 0 Å². The number of anilines is 1. The average molecular weight is 433 g/mol. The first-order valence-corrected chi connectivity index (χ1v) is 11.2. The molecule has 4 aromatic heterocycles. The molecule has 3 N–H and O–H groups in total. The van der Waals surface area contributed by atoms with E-state index in [0.717, 1.165) is 45.5 Å². The lowest BCUT2D eigenvalue weighted by atomic mass is 10.0. The Morgan fingerprint density at radius 2 is 1.91 bits per heavy atom. The molecule has 1 aliphatic carbocycles. The number of pyridine rings is 2. The first-order valence-electron chi connectivity index (χ1n) is 11.2. The lowest BCUT2D eigenvalue weighted by Gasteiger charge is -2.10. The van der Waals surface area contributed by atoms with E-state index in [1.807, 2.05) is 18.6 Å². The SMILES string of the molecule is CC(C)Nc1cncc(-c2cnc3n[nH]c(-c4cc5c(C6=CCC=C6)cccc5[nH]4)c3c2)c1. The summed E-state index contributed by atoms with van der Waals surface area (Å²) in [4.78, 5) is 12.6. The summed E-state index contributed by atoms with van der Waals surface area (Å²) in [5, 5.41) is 13.2. The maximum absolute atomic E-state index is 4.61. The summed E-state index contributed by atoms with van der Waals surface area (Å²) in [6.07, 6.45) is 13.2. The van der Waals surface area contributed by atoms with E-state index in [2.05, 4.69) is 98.9 Å². The molecular formula is C27H24N6. The molecule has 33 heavy (non-hydrogen) atoms. The first kappa shape index (κ1) is 19.5. The van der Waals surface area contributed by atoms with Crippen LogP contribution in [0.5, 0.6) is 0 Å². The molecule has 6 nitrogen and oxygen atoms in total. The van der Waals surface area contributed by atoms with Gasteiger partial charge in [-0.25, -0.2) is 4.98 Å². The minimum atomic E-state index is 0.338. The highest BCUT2D eigenvalue weighted by Crippen LogP contribution is 2.34. The number of H-pyrrole nitrogens is 2. The topological polar surface area (TPSA) is 82.3 Å². The Bertz CT molecular complexity index is 1550. The van der Waals surface area contributed by atoms with E-state index < -0.39 is 0 Å². The lowest BCUT2D eigenvalue weighted by molar-refractivity contribution is 0.898. The first-order chi connectivity index (χ1) is 16.2. The maximum atomic E-state index is 4.61. The number of hydrogen-bond acceptors (Lipinski definition) is 4. The second-order valence-corrected chi connectivity index (χ2v) is 8.70. The number of fused-ring (bicyclic) bond motifs is 2. The second kappa shape index (κ2) is 7.74. The van der Waals surface area contributed by atoms with E-state index in [1.165, 1.54) is 16.5 Å². The van der Waals surface area contributed by atoms with Gasteiger partial charge in [-0.1, -0.05) is 30.4 Å². The molecule has 0 aliphatic heterocycles. The van der Waals surface area contributed by atoms with Gasteiger partial charge in [0.05, 0.1) is 17.1 Å². The average Bonchev–Trinajstić information content (AvgIpc) is 3.57. The van der Waals surface area contributed by atoms with Gasteiger partial charge < -0.3 is 10.3 Å². The Morgan fingerprint density at radius 3 is 2.76 bits per heavy atom. The Hall–Kier alpha value is -4.19. The Morgan fingerprint density at radius 1 is 1.00 bits per heavy atom. The van der Waals surface area contributed by atoms with Gasteiger partial charge in [-0.05, 0) is 55.7 Å². The highest BCUT2D eigenvalue weighted by atomic mass is 15.2. The molecular weight excluding hydrogens is 408 g/mol. The fourth-order valence-electron chi connectivity index (χ4n) is 4.47. The van der Waals surface area contributed by atoms with E-state index >= 15 is 0 Å². The van der Waals surface area contributed by atoms with Crippen molar-refractivity contribution in [2.45, 2.75) is 26.3 Å². The maximum Gasteiger partial charge on any atom is 0.181 e. The highest BCUT2D eigenvalue weighted by molar-refractivity contribution is 6.00. The molecule has 1 aromatic carbocycles. The molecule has 0 fully saturated rings. The standard InChI is InChI=1S/C27H24N6/c1-16(2)30-20-10-18(13-28-15-20)19-11-23-26(32-33-27(23)29-14-19)25-12-22-21(17-6-3-4-7-17)8-5-9-24(22)31-25/h3,5-16,30-31H,4H2,1-2H3,(H,29,32,33). The Kier molecular flexibility index (Phi) is 4.57. The van der Waals surface area contributed by atoms with Crippen LogP contribution in [0.1, 0.15) is 25.8 Å². The van der Waals surface area contributed by atoms with Crippen molar-refractivity contribution in [1.29, 1.82) is 0 Å². The van der Waals surface area contributed by atoms with Crippen LogP contribution in [0.4, 0.5) is 5.69 Å². The van der Waals surface area contributed by atoms with Crippen molar-refractivity contribution in [3.63, 3.8) is 0 Å². The molecule has 0 saturated carbocycles. The third-order valence-corrected chi connectivity index (χ3v) is 5.95. The predicted octanol–water partition coefficient (Wildman–Crippen LogP) is 6.33. The monoisotopic (exact) mass is 432 g/mol. The van der Waals surface area contributed by atoms with Crippen molar-refractivity contribution in [3.05, 3.63) is 78.8 Å². The zero-order chi connectivity index (χ0) is 22.4. The molecule has 6 rings (SSSR count). The van der Waals surface area contributed by atoms with Crippen LogP contribution in [0.15, 0.2) is 73.2 Å². The van der Waals surface area contributed by atoms with Gasteiger partial charge in [-0.15, -0.1) is 0 Å². The molecule has 4 heterocycles. The molecule has 1 aliphatic rings. The quantitative estimate of drug-likeness (QED) is 0.303. The summed E-state index contributed by atoms with van der Waals surface area (Å²) in [6.45, 7) is 4.23. The van der Waals surface area contributed by atoms with Gasteiger partial charge in [0.2, 0.25) is 0 Å². The van der Waals surface area contributed by atoms with Crippen LogP contribution < -0.4 is 5.32 Å². The minimum Gasteiger partial charge on any atom is -0.382 e. The van der Waals surface area contributed by atoms with Crippen LogP contribution in [-0.4, -0.2) is 31.2 Å². The van der Waals surface area contributed by atoms with Crippen molar-refractivity contribution in [1.82, 2.24) is 25.1 Å². The number of allylic oxidation sites excluding steroid dienone is 4. The molecule has 0 saturated heterocycles. The van der Waals surface area contributed by atoms with Gasteiger partial charge in [0.1, 0.15) is 0 Å². The summed E-state index contributed by atoms with van der Waals surface area (Å²) in [5.41, 5.74) is 9.25. The number of aromatic nitrogens is 5. The van der Waals surface area contributed by atoms with E-state index in [-0.39, 0.29) is 0 Å². The molecule has 0 amide bonds. The normalized spacial score (nSPS) is 13.4. The van der Waals surface area contributed by atoms with Crippen molar-refractivity contribution in [2.24, 2.45) is 0 Å². The summed E-state index contributed by atoms with van der Waals surface area (Å²) in [7, 11) is 0. The van der Waals surface area contributed by atoms with Crippen LogP contribution in [0.2, 0.25) is 0 Å². The van der Waals surface area contributed by atoms with Crippen molar-refractivity contribution in [3.8, 4) is 22.5 Å². The van der Waals surface area contributed by atoms with Gasteiger partial charge >= 0.3 is 0 Å². The third kappa shape index (κ3) is 3.49. The zero-order valence-electron chi connectivity index (χ0n) is 18.6. The smallest absolute Gasteiger partial charge is 0.181 e. The molecule has 0 unspecified atom stereocenters. The number of benzene rings is 1. The van der Waals surface area contributed by atoms with Crippen molar-refractivity contribution < 1.29 is 0 Å². The molecule has 6 heteroatoms. The van der Waals surface area contributed by atoms with Crippen LogP contribution in [-0.2, 0) is 0 Å². The summed E-state index contributed by atoms with van der Waals surface area (Å²) < 4.78 is 0. The van der Waals surface area contributed by atoms with Crippen molar-refractivity contribution >= 4 is 33.2 Å². The zero-order valence-corrected chi connectivity index (χ0v) is 18.6. The molecule has 162 valence electrons. The van der Waals surface area contributed by atoms with Gasteiger partial charge in [-0.3, -0.25) is 10.1 Å². The largest absolute Gasteiger partial charge is 0.382 e. The number of nitrogens with one attached hydrogen (secondary N) is 3. The Balaban J connectivity index is 1.45. The minimum absolute atomic E-state index is 0.338. The molecule has 0 atom stereocenters. The van der Waals surface area contributed by atoms with Gasteiger partial charge in [0.15, 0.2) is 5.65 Å². The van der Waals surface area contributed by atoms with E-state index in [4.69, 9.17) is 0 Å². The predicted molar refractivity (Wildman–Crippen MR) is 135 cm³/mol. The second-order valence-electron chi connectivity index (χ2n) is 8.70. The van der Waals surface area contributed by atoms with E-state index in [9.17, 15) is 0 Å². The summed E-state index contributed by atoms with van der Waals surface area (Å²) in [5.74, 6) is 0. The fourth-order valence-corrected chi connectivity index (χ4v) is 4.47. The Labute approximate surface area is 191 Å². The molecule has 0 bridgehead atoms. The molecule has 5 aromatic rings. The van der Waals surface area contributed by atoms with Crippen molar-refractivity contribution in [2.75, 3.05) is 5.32 Å². The molecule has 0 radical (unpaired) electrons. The highest BCUT2D eigenvalue weighted by Gasteiger charge is 2.15. The fraction of sp³-hybridized carbons (Fsp3) is 0.148. The summed E-state index contributed by atoms with van der Waals surface area (Å²) >= 11 is 0. The number of rotatable bonds is 5. The molecule has 0 spiro atoms.